The van der Waals surface area contributed by atoms with Crippen LogP contribution in [-0.2, 0) is 33.9 Å². The Labute approximate surface area is 315 Å². The minimum atomic E-state index is -3.87. The summed E-state index contributed by atoms with van der Waals surface area (Å²) in [6.45, 7) is 8.78. The zero-order chi connectivity index (χ0) is 39.0. The Balaban J connectivity index is 1.31. The number of hydrogen-bond donors (Lipinski definition) is 2. The van der Waals surface area contributed by atoms with Gasteiger partial charge in [-0.2, -0.15) is 0 Å². The van der Waals surface area contributed by atoms with Crippen molar-refractivity contribution in [2.75, 3.05) is 20.2 Å². The predicted molar refractivity (Wildman–Crippen MR) is 202 cm³/mol. The second-order valence-electron chi connectivity index (χ2n) is 15.5. The fourth-order valence-corrected chi connectivity index (χ4v) is 8.55. The Morgan fingerprint density at radius 2 is 1.83 bits per heavy atom. The molecule has 6 rings (SSSR count). The van der Waals surface area contributed by atoms with Gasteiger partial charge in [0.15, 0.2) is 5.78 Å². The van der Waals surface area contributed by atoms with E-state index < -0.39 is 73.8 Å². The number of allylic oxidation sites excluding steroid dienone is 1. The molecule has 1 aliphatic heterocycles. The molecule has 3 N–H and O–H groups in total. The molecule has 2 aliphatic carbocycles. The van der Waals surface area contributed by atoms with Crippen molar-refractivity contribution >= 4 is 44.5 Å². The van der Waals surface area contributed by atoms with Crippen LogP contribution in [0.15, 0.2) is 67.3 Å². The van der Waals surface area contributed by atoms with Crippen molar-refractivity contribution in [1.29, 1.82) is 0 Å². The number of rotatable bonds is 15. The number of ketones is 1. The van der Waals surface area contributed by atoms with Crippen molar-refractivity contribution in [1.82, 2.24) is 14.6 Å². The first-order valence-electron chi connectivity index (χ1n) is 18.2. The molecule has 5 atom stereocenters. The van der Waals surface area contributed by atoms with E-state index in [1.807, 2.05) is 42.5 Å². The van der Waals surface area contributed by atoms with Gasteiger partial charge in [0, 0.05) is 42.5 Å². The Morgan fingerprint density at radius 1 is 1.11 bits per heavy atom. The van der Waals surface area contributed by atoms with E-state index in [1.54, 1.807) is 46.1 Å². The summed E-state index contributed by atoms with van der Waals surface area (Å²) >= 11 is 0. The first-order valence-corrected chi connectivity index (χ1v) is 19.8. The number of Topliss-reactive ketones (excluding diaryl/α,β-unsaturated/α-hetero) is 1. The van der Waals surface area contributed by atoms with Crippen molar-refractivity contribution < 1.29 is 41.8 Å². The van der Waals surface area contributed by atoms with Crippen LogP contribution in [0.25, 0.3) is 22.2 Å². The summed E-state index contributed by atoms with van der Waals surface area (Å²) in [6, 6.07) is 15.8. The third-order valence-corrected chi connectivity index (χ3v) is 12.1. The molecule has 1 aromatic heterocycles. The molecule has 3 aromatic rings. The van der Waals surface area contributed by atoms with Crippen molar-refractivity contribution in [2.45, 2.75) is 82.3 Å². The molecule has 288 valence electrons. The van der Waals surface area contributed by atoms with Gasteiger partial charge in [0.25, 0.3) is 0 Å². The lowest BCUT2D eigenvalue weighted by Gasteiger charge is -2.29. The van der Waals surface area contributed by atoms with E-state index in [2.05, 4.69) is 11.3 Å². The maximum atomic E-state index is 14.4. The molecule has 2 heterocycles. The summed E-state index contributed by atoms with van der Waals surface area (Å²) in [6.07, 6.45) is 1.52. The summed E-state index contributed by atoms with van der Waals surface area (Å²) in [5.74, 6) is -2.63. The predicted octanol–water partition coefficient (Wildman–Crippen LogP) is 4.33. The lowest BCUT2D eigenvalue weighted by atomic mass is 9.91. The van der Waals surface area contributed by atoms with Crippen LogP contribution in [-0.4, -0.2) is 85.1 Å². The average Bonchev–Trinajstić information content (AvgIpc) is 4.06. The molecule has 54 heavy (non-hydrogen) atoms. The van der Waals surface area contributed by atoms with Crippen molar-refractivity contribution in [3.05, 3.63) is 67.3 Å². The number of nitrogens with two attached hydrogens (primary N) is 1. The van der Waals surface area contributed by atoms with Gasteiger partial charge in [0.05, 0.1) is 53.9 Å². The lowest BCUT2D eigenvalue weighted by Crippen LogP contribution is -2.47. The molecular weight excluding hydrogens is 713 g/mol. The van der Waals surface area contributed by atoms with E-state index in [9.17, 15) is 27.6 Å². The number of carbonyl (C=O) groups is 4. The van der Waals surface area contributed by atoms with Crippen LogP contribution in [0, 0.1) is 17.3 Å². The fraction of sp³-hybridized carbons (Fsp3) is 0.475. The van der Waals surface area contributed by atoms with E-state index >= 15 is 0 Å². The minimum Gasteiger partial charge on any atom is -0.497 e. The van der Waals surface area contributed by atoms with Crippen LogP contribution >= 0.6 is 0 Å². The molecule has 0 spiro atoms. The number of nitrogens with one attached hydrogen (secondary N) is 1. The van der Waals surface area contributed by atoms with Crippen LogP contribution in [0.3, 0.4) is 0 Å². The number of ether oxygens (including phenoxy) is 3. The van der Waals surface area contributed by atoms with Gasteiger partial charge in [0.2, 0.25) is 21.8 Å². The number of methoxy groups -OCH3 is 1. The SMILES string of the molecule is C=CC1C[C@]1(CC(=O)[C@@H]1CC(Oc2cc(-c3ccccc3)nc3cc(OC)ccc23)CN1C(=O)[C@H](CN)CC(=O)OC(C)(C)C)C(=O)NS(=O)(=O)C1CC1. The fourth-order valence-electron chi connectivity index (χ4n) is 7.17. The largest absolute Gasteiger partial charge is 0.497 e. The molecule has 0 radical (unpaired) electrons. The number of hydrogen-bond acceptors (Lipinski definition) is 11. The first-order chi connectivity index (χ1) is 25.6. The molecule has 2 amide bonds. The molecule has 2 saturated carbocycles. The van der Waals surface area contributed by atoms with Crippen molar-refractivity contribution in [2.24, 2.45) is 23.0 Å². The van der Waals surface area contributed by atoms with E-state index in [4.69, 9.17) is 24.9 Å². The molecule has 3 fully saturated rings. The van der Waals surface area contributed by atoms with Crippen LogP contribution < -0.4 is 19.9 Å². The normalized spacial score (nSPS) is 23.0. The first kappa shape index (κ1) is 38.9. The maximum Gasteiger partial charge on any atom is 0.307 e. The second-order valence-corrected chi connectivity index (χ2v) is 17.4. The number of pyridine rings is 1. The van der Waals surface area contributed by atoms with Gasteiger partial charge in [-0.15, -0.1) is 6.58 Å². The summed E-state index contributed by atoms with van der Waals surface area (Å²) in [7, 11) is -2.30. The standard InChI is InChI=1S/C40H48N4O9S/c1-6-26-20-40(26,38(48)43-54(49,50)29-13-14-29)21-34(45)33-18-28(23-44(33)37(47)25(22-41)16-36(46)53-39(2,3)4)52-35-19-31(24-10-8-7-9-11-24)42-32-17-27(51-5)12-15-30(32)35/h6-12,15,17,19,25-26,28-29,33H,1,13-14,16,18,20-23,41H2,2-5H3,(H,43,48)/t25-,26?,28?,33-,40+/m0/s1. The summed E-state index contributed by atoms with van der Waals surface area (Å²) in [5, 5.41) is 0.0640. The molecule has 2 aromatic carbocycles. The van der Waals surface area contributed by atoms with Gasteiger partial charge in [-0.25, -0.2) is 13.4 Å². The highest BCUT2D eigenvalue weighted by molar-refractivity contribution is 7.90. The van der Waals surface area contributed by atoms with Gasteiger partial charge in [-0.05, 0) is 58.1 Å². The number of nitrogens with zero attached hydrogens (tertiary/aromatic N) is 2. The van der Waals surface area contributed by atoms with Crippen LogP contribution in [0.1, 0.15) is 59.3 Å². The monoisotopic (exact) mass is 760 g/mol. The van der Waals surface area contributed by atoms with Gasteiger partial charge in [-0.3, -0.25) is 23.9 Å². The van der Waals surface area contributed by atoms with Gasteiger partial charge in [-0.1, -0.05) is 36.4 Å². The number of esters is 1. The van der Waals surface area contributed by atoms with Gasteiger partial charge >= 0.3 is 5.97 Å². The highest BCUT2D eigenvalue weighted by Crippen LogP contribution is 2.57. The number of amides is 2. The molecule has 1 saturated heterocycles. The molecular formula is C40H48N4O9S. The number of sulfonamides is 1. The van der Waals surface area contributed by atoms with Gasteiger partial charge in [0.1, 0.15) is 23.2 Å². The quantitative estimate of drug-likeness (QED) is 0.166. The van der Waals surface area contributed by atoms with Crippen molar-refractivity contribution in [3.8, 4) is 22.8 Å². The van der Waals surface area contributed by atoms with Crippen LogP contribution in [0.4, 0.5) is 0 Å². The Hall–Kier alpha value is -4.82. The smallest absolute Gasteiger partial charge is 0.307 e. The summed E-state index contributed by atoms with van der Waals surface area (Å²) in [5.41, 5.74) is 6.07. The molecule has 3 aliphatic rings. The number of benzene rings is 2. The Kier molecular flexibility index (Phi) is 10.9. The Bertz CT molecular complexity index is 2060. The third kappa shape index (κ3) is 8.44. The summed E-state index contributed by atoms with van der Waals surface area (Å²) < 4.78 is 45.2. The number of carbonyl (C=O) groups excluding carboxylic acids is 4. The molecule has 2 unspecified atom stereocenters. The lowest BCUT2D eigenvalue weighted by molar-refractivity contribution is -0.158. The van der Waals surface area contributed by atoms with Gasteiger partial charge < -0.3 is 24.8 Å². The third-order valence-electron chi connectivity index (χ3n) is 10.3. The molecule has 14 heteroatoms. The highest BCUT2D eigenvalue weighted by Gasteiger charge is 2.61. The van der Waals surface area contributed by atoms with Crippen molar-refractivity contribution in [3.63, 3.8) is 0 Å². The van der Waals surface area contributed by atoms with Crippen LogP contribution in [0.5, 0.6) is 11.5 Å². The molecule has 0 bridgehead atoms. The number of aromatic nitrogens is 1. The second kappa shape index (κ2) is 15.1. The summed E-state index contributed by atoms with van der Waals surface area (Å²) in [4.78, 5) is 61.2. The maximum absolute atomic E-state index is 14.4. The zero-order valence-electron chi connectivity index (χ0n) is 31.1. The van der Waals surface area contributed by atoms with E-state index in [1.165, 1.54) is 4.90 Å². The Morgan fingerprint density at radius 3 is 2.44 bits per heavy atom. The topological polar surface area (TPSA) is 184 Å². The van der Waals surface area contributed by atoms with Crippen LogP contribution in [0.2, 0.25) is 0 Å². The van der Waals surface area contributed by atoms with E-state index in [0.717, 1.165) is 5.56 Å². The van der Waals surface area contributed by atoms with E-state index in [0.29, 0.717) is 40.9 Å². The number of likely N-dealkylation sites (tertiary alicyclic amines) is 1. The van der Waals surface area contributed by atoms with E-state index in [-0.39, 0.29) is 38.8 Å². The minimum absolute atomic E-state index is 0.0131. The number of fused-ring (bicyclic) bond motifs is 1. The molecule has 13 nitrogen and oxygen atoms in total. The zero-order valence-corrected chi connectivity index (χ0v) is 31.9. The highest BCUT2D eigenvalue weighted by atomic mass is 32.2. The average molecular weight is 761 g/mol.